The predicted octanol–water partition coefficient (Wildman–Crippen LogP) is 5.62. The summed E-state index contributed by atoms with van der Waals surface area (Å²) in [4.78, 5) is 28.6. The number of likely N-dealkylation sites (N-methyl/N-ethyl adjacent to an activating group) is 1. The highest BCUT2D eigenvalue weighted by molar-refractivity contribution is 7.99. The molecule has 0 saturated carbocycles. The normalized spacial score (nSPS) is 11.7. The Kier molecular flexibility index (Phi) is 9.98. The van der Waals surface area contributed by atoms with Crippen molar-refractivity contribution in [2.45, 2.75) is 52.5 Å². The Labute approximate surface area is 214 Å². The Morgan fingerprint density at radius 3 is 2.20 bits per heavy atom. The van der Waals surface area contributed by atoms with Gasteiger partial charge in [-0.3, -0.25) is 9.59 Å². The van der Waals surface area contributed by atoms with Crippen LogP contribution in [0.3, 0.4) is 0 Å². The number of nitrogens with one attached hydrogen (secondary N) is 1. The quantitative estimate of drug-likeness (QED) is 0.381. The maximum atomic E-state index is 13.6. The van der Waals surface area contributed by atoms with E-state index in [1.54, 1.807) is 16.7 Å². The first-order chi connectivity index (χ1) is 16.9. The average Bonchev–Trinajstić information content (AvgIpc) is 2.82. The number of hydrogen-bond donors (Lipinski definition) is 1. The first kappa shape index (κ1) is 26.6. The van der Waals surface area contributed by atoms with Crippen molar-refractivity contribution in [2.24, 2.45) is 0 Å². The van der Waals surface area contributed by atoms with Crippen molar-refractivity contribution in [3.63, 3.8) is 0 Å². The molecule has 0 bridgehead atoms. The number of rotatable bonds is 11. The van der Waals surface area contributed by atoms with Crippen LogP contribution in [0.25, 0.3) is 0 Å². The first-order valence-corrected chi connectivity index (χ1v) is 13.3. The van der Waals surface area contributed by atoms with Gasteiger partial charge >= 0.3 is 0 Å². The summed E-state index contributed by atoms with van der Waals surface area (Å²) < 4.78 is 0. The summed E-state index contributed by atoms with van der Waals surface area (Å²) in [6.07, 6.45) is 0.478. The molecule has 3 rings (SSSR count). The molecule has 5 heteroatoms. The third-order valence-electron chi connectivity index (χ3n) is 6.00. The largest absolute Gasteiger partial charge is 0.355 e. The number of hydrogen-bond acceptors (Lipinski definition) is 3. The lowest BCUT2D eigenvalue weighted by Gasteiger charge is -2.32. The van der Waals surface area contributed by atoms with E-state index in [0.29, 0.717) is 25.3 Å². The minimum absolute atomic E-state index is 0.0187. The molecule has 1 N–H and O–H groups in total. The second-order valence-electron chi connectivity index (χ2n) is 9.04. The highest BCUT2D eigenvalue weighted by Gasteiger charge is 2.30. The Bertz CT molecular complexity index is 1110. The van der Waals surface area contributed by atoms with Crippen molar-refractivity contribution in [1.82, 2.24) is 10.2 Å². The maximum absolute atomic E-state index is 13.6. The van der Waals surface area contributed by atoms with Gasteiger partial charge in [0.05, 0.1) is 5.75 Å². The molecular formula is C30H36N2O2S. The van der Waals surface area contributed by atoms with Crippen LogP contribution in [0.5, 0.6) is 0 Å². The van der Waals surface area contributed by atoms with E-state index >= 15 is 0 Å². The summed E-state index contributed by atoms with van der Waals surface area (Å²) in [5, 5.41) is 2.96. The SMILES string of the molecule is CCNC(=O)[C@H](Cc1ccccc1)N(Cc1ccccc1C)C(=O)CSCc1cc(C)cc(C)c1. The molecule has 0 aromatic heterocycles. The maximum Gasteiger partial charge on any atom is 0.243 e. The van der Waals surface area contributed by atoms with Gasteiger partial charge in [0.15, 0.2) is 0 Å². The van der Waals surface area contributed by atoms with Crippen LogP contribution >= 0.6 is 11.8 Å². The van der Waals surface area contributed by atoms with Crippen LogP contribution in [0.4, 0.5) is 0 Å². The zero-order valence-electron chi connectivity index (χ0n) is 21.2. The molecule has 3 aromatic rings. The fraction of sp³-hybridized carbons (Fsp3) is 0.333. The second-order valence-corrected chi connectivity index (χ2v) is 10.0. The highest BCUT2D eigenvalue weighted by Crippen LogP contribution is 2.20. The lowest BCUT2D eigenvalue weighted by atomic mass is 10.0. The van der Waals surface area contributed by atoms with Gasteiger partial charge in [0, 0.05) is 25.3 Å². The van der Waals surface area contributed by atoms with E-state index in [-0.39, 0.29) is 11.8 Å². The monoisotopic (exact) mass is 488 g/mol. The molecule has 0 unspecified atom stereocenters. The lowest BCUT2D eigenvalue weighted by molar-refractivity contribution is -0.139. The third kappa shape index (κ3) is 8.00. The number of carbonyl (C=O) groups is 2. The van der Waals surface area contributed by atoms with Crippen LogP contribution in [-0.2, 0) is 28.3 Å². The molecule has 4 nitrogen and oxygen atoms in total. The van der Waals surface area contributed by atoms with Gasteiger partial charge in [-0.05, 0) is 49.9 Å². The van der Waals surface area contributed by atoms with Gasteiger partial charge in [0.25, 0.3) is 0 Å². The van der Waals surface area contributed by atoms with Crippen LogP contribution in [0.15, 0.2) is 72.8 Å². The smallest absolute Gasteiger partial charge is 0.243 e. The van der Waals surface area contributed by atoms with Crippen LogP contribution in [0.1, 0.15) is 40.3 Å². The molecule has 0 saturated heterocycles. The lowest BCUT2D eigenvalue weighted by Crippen LogP contribution is -2.51. The molecule has 3 aromatic carbocycles. The Hall–Kier alpha value is -3.05. The summed E-state index contributed by atoms with van der Waals surface area (Å²) in [6, 6.07) is 23.9. The summed E-state index contributed by atoms with van der Waals surface area (Å²) in [5.74, 6) is 0.952. The van der Waals surface area contributed by atoms with Gasteiger partial charge in [-0.25, -0.2) is 0 Å². The van der Waals surface area contributed by atoms with Gasteiger partial charge in [-0.15, -0.1) is 11.8 Å². The molecule has 0 radical (unpaired) electrons. The summed E-state index contributed by atoms with van der Waals surface area (Å²) >= 11 is 1.60. The molecule has 0 spiro atoms. The van der Waals surface area contributed by atoms with Crippen molar-refractivity contribution < 1.29 is 9.59 Å². The van der Waals surface area contributed by atoms with Gasteiger partial charge in [-0.2, -0.15) is 0 Å². The first-order valence-electron chi connectivity index (χ1n) is 12.2. The number of thioether (sulfide) groups is 1. The Morgan fingerprint density at radius 1 is 0.886 bits per heavy atom. The minimum atomic E-state index is -0.578. The minimum Gasteiger partial charge on any atom is -0.355 e. The van der Waals surface area contributed by atoms with Gasteiger partial charge in [0.2, 0.25) is 11.8 Å². The Balaban J connectivity index is 1.84. The number of aryl methyl sites for hydroxylation is 3. The fourth-order valence-electron chi connectivity index (χ4n) is 4.31. The van der Waals surface area contributed by atoms with Gasteiger partial charge in [0.1, 0.15) is 6.04 Å². The van der Waals surface area contributed by atoms with E-state index in [9.17, 15) is 9.59 Å². The van der Waals surface area contributed by atoms with Crippen LogP contribution in [-0.4, -0.2) is 35.1 Å². The summed E-state index contributed by atoms with van der Waals surface area (Å²) in [7, 11) is 0. The van der Waals surface area contributed by atoms with Crippen LogP contribution in [0, 0.1) is 20.8 Å². The number of amides is 2. The summed E-state index contributed by atoms with van der Waals surface area (Å²) in [5.41, 5.74) is 6.88. The molecule has 0 aliphatic heterocycles. The molecular weight excluding hydrogens is 452 g/mol. The number of carbonyl (C=O) groups excluding carboxylic acids is 2. The number of nitrogens with zero attached hydrogens (tertiary/aromatic N) is 1. The molecule has 0 aliphatic rings. The van der Waals surface area contributed by atoms with Crippen molar-refractivity contribution in [1.29, 1.82) is 0 Å². The second kappa shape index (κ2) is 13.1. The van der Waals surface area contributed by atoms with E-state index in [2.05, 4.69) is 37.4 Å². The topological polar surface area (TPSA) is 49.4 Å². The zero-order valence-corrected chi connectivity index (χ0v) is 22.0. The fourth-order valence-corrected chi connectivity index (χ4v) is 5.15. The van der Waals surface area contributed by atoms with E-state index in [1.165, 1.54) is 16.7 Å². The molecule has 0 fully saturated rings. The highest BCUT2D eigenvalue weighted by atomic mass is 32.2. The standard InChI is InChI=1S/C30H36N2O2S/c1-5-31-30(34)28(18-25-12-7-6-8-13-25)32(19-27-14-10-9-11-24(27)4)29(33)21-35-20-26-16-22(2)15-23(3)17-26/h6-17,28H,5,18-21H2,1-4H3,(H,31,34)/t28-/m0/s1. The van der Waals surface area contributed by atoms with Crippen LogP contribution in [0.2, 0.25) is 0 Å². The van der Waals surface area contributed by atoms with Crippen molar-refractivity contribution in [3.8, 4) is 0 Å². The van der Waals surface area contributed by atoms with E-state index in [4.69, 9.17) is 0 Å². The molecule has 0 heterocycles. The van der Waals surface area contributed by atoms with Crippen molar-refractivity contribution >= 4 is 23.6 Å². The summed E-state index contributed by atoms with van der Waals surface area (Å²) in [6.45, 7) is 9.07. The van der Waals surface area contributed by atoms with Crippen LogP contribution < -0.4 is 5.32 Å². The molecule has 2 amide bonds. The van der Waals surface area contributed by atoms with E-state index < -0.39 is 6.04 Å². The van der Waals surface area contributed by atoms with Crippen molar-refractivity contribution in [2.75, 3.05) is 12.3 Å². The number of benzene rings is 3. The average molecular weight is 489 g/mol. The molecule has 1 atom stereocenters. The zero-order chi connectivity index (χ0) is 25.2. The van der Waals surface area contributed by atoms with Gasteiger partial charge in [-0.1, -0.05) is 83.9 Å². The molecule has 184 valence electrons. The third-order valence-corrected chi connectivity index (χ3v) is 6.99. The predicted molar refractivity (Wildman–Crippen MR) is 146 cm³/mol. The van der Waals surface area contributed by atoms with E-state index in [1.807, 2.05) is 68.4 Å². The molecule has 35 heavy (non-hydrogen) atoms. The van der Waals surface area contributed by atoms with E-state index in [0.717, 1.165) is 22.4 Å². The Morgan fingerprint density at radius 2 is 1.54 bits per heavy atom. The molecule has 0 aliphatic carbocycles. The van der Waals surface area contributed by atoms with Crippen molar-refractivity contribution in [3.05, 3.63) is 106 Å². The van der Waals surface area contributed by atoms with Gasteiger partial charge < -0.3 is 10.2 Å².